The molecule has 19 heavy (non-hydrogen) atoms. The van der Waals surface area contributed by atoms with Crippen molar-refractivity contribution in [3.8, 4) is 0 Å². The van der Waals surface area contributed by atoms with E-state index < -0.39 is 0 Å². The van der Waals surface area contributed by atoms with Crippen LogP contribution in [0.4, 0.5) is 4.39 Å². The molecule has 5 heteroatoms. The second kappa shape index (κ2) is 6.96. The molecule has 0 atom stereocenters. The van der Waals surface area contributed by atoms with E-state index in [9.17, 15) is 4.39 Å². The molecule has 0 aliphatic carbocycles. The second-order valence-corrected chi connectivity index (χ2v) is 5.36. The molecular formula is C14H18FNO2S. The first-order valence-electron chi connectivity index (χ1n) is 6.23. The van der Waals surface area contributed by atoms with Gasteiger partial charge < -0.3 is 15.2 Å². The lowest BCUT2D eigenvalue weighted by Gasteiger charge is -2.06. The van der Waals surface area contributed by atoms with Crippen molar-refractivity contribution >= 4 is 21.4 Å². The van der Waals surface area contributed by atoms with Gasteiger partial charge in [-0.05, 0) is 18.6 Å². The van der Waals surface area contributed by atoms with Gasteiger partial charge in [-0.25, -0.2) is 4.39 Å². The molecular weight excluding hydrogens is 265 g/mol. The summed E-state index contributed by atoms with van der Waals surface area (Å²) in [6.45, 7) is 2.08. The molecule has 0 bridgehead atoms. The molecule has 104 valence electrons. The summed E-state index contributed by atoms with van der Waals surface area (Å²) >= 11 is 1.54. The Hall–Kier alpha value is -1.01. The van der Waals surface area contributed by atoms with Gasteiger partial charge in [0.2, 0.25) is 0 Å². The number of ether oxygens (including phenoxy) is 2. The Labute approximate surface area is 116 Å². The maximum Gasteiger partial charge on any atom is 0.132 e. The van der Waals surface area contributed by atoms with Crippen LogP contribution >= 0.6 is 11.3 Å². The molecule has 2 aromatic rings. The van der Waals surface area contributed by atoms with Gasteiger partial charge >= 0.3 is 0 Å². The molecule has 0 aliphatic rings. The molecule has 0 radical (unpaired) electrons. The second-order valence-electron chi connectivity index (χ2n) is 4.22. The number of fused-ring (bicyclic) bond motifs is 1. The zero-order valence-corrected chi connectivity index (χ0v) is 11.8. The third-order valence-corrected chi connectivity index (χ3v) is 4.14. The zero-order chi connectivity index (χ0) is 13.7. The topological polar surface area (TPSA) is 44.5 Å². The number of rotatable bonds is 7. The first kappa shape index (κ1) is 14.4. The van der Waals surface area contributed by atoms with Crippen molar-refractivity contribution in [3.63, 3.8) is 0 Å². The van der Waals surface area contributed by atoms with Crippen LogP contribution < -0.4 is 5.73 Å². The zero-order valence-electron chi connectivity index (χ0n) is 10.9. The Morgan fingerprint density at radius 2 is 2.16 bits per heavy atom. The van der Waals surface area contributed by atoms with Crippen molar-refractivity contribution in [3.05, 3.63) is 34.5 Å². The smallest absolute Gasteiger partial charge is 0.132 e. The van der Waals surface area contributed by atoms with Gasteiger partial charge in [0, 0.05) is 47.4 Å². The van der Waals surface area contributed by atoms with Gasteiger partial charge in [-0.2, -0.15) is 0 Å². The summed E-state index contributed by atoms with van der Waals surface area (Å²) in [5.74, 6) is -0.205. The van der Waals surface area contributed by atoms with E-state index in [4.69, 9.17) is 15.2 Å². The van der Waals surface area contributed by atoms with E-state index in [1.165, 1.54) is 17.4 Å². The maximum atomic E-state index is 13.9. The maximum absolute atomic E-state index is 13.9. The molecule has 3 nitrogen and oxygen atoms in total. The normalized spacial score (nSPS) is 11.3. The third-order valence-electron chi connectivity index (χ3n) is 2.92. The molecule has 0 spiro atoms. The molecule has 0 unspecified atom stereocenters. The summed E-state index contributed by atoms with van der Waals surface area (Å²) in [7, 11) is 1.66. The van der Waals surface area contributed by atoms with Gasteiger partial charge in [-0.1, -0.05) is 6.07 Å². The van der Waals surface area contributed by atoms with Crippen LogP contribution in [0.3, 0.4) is 0 Å². The summed E-state index contributed by atoms with van der Waals surface area (Å²) in [4.78, 5) is 0.992. The molecule has 0 aliphatic heterocycles. The number of halogens is 1. The summed E-state index contributed by atoms with van der Waals surface area (Å²) in [5, 5.41) is 0.652. The highest BCUT2D eigenvalue weighted by Gasteiger charge is 2.14. The minimum Gasteiger partial charge on any atom is -0.385 e. The van der Waals surface area contributed by atoms with E-state index >= 15 is 0 Å². The Morgan fingerprint density at radius 1 is 1.32 bits per heavy atom. The number of hydrogen-bond donors (Lipinski definition) is 1. The number of benzene rings is 1. The highest BCUT2D eigenvalue weighted by molar-refractivity contribution is 7.19. The molecule has 1 heterocycles. The molecule has 0 saturated carbocycles. The predicted octanol–water partition coefficient (Wildman–Crippen LogP) is 3.05. The average Bonchev–Trinajstić information content (AvgIpc) is 2.78. The molecule has 0 amide bonds. The van der Waals surface area contributed by atoms with Crippen molar-refractivity contribution in [2.45, 2.75) is 19.6 Å². The minimum atomic E-state index is -0.205. The van der Waals surface area contributed by atoms with E-state index in [1.54, 1.807) is 13.2 Å². The van der Waals surface area contributed by atoms with Crippen LogP contribution in [0, 0.1) is 5.82 Å². The van der Waals surface area contributed by atoms with E-state index in [-0.39, 0.29) is 5.82 Å². The van der Waals surface area contributed by atoms with Crippen molar-refractivity contribution in [1.29, 1.82) is 0 Å². The lowest BCUT2D eigenvalue weighted by atomic mass is 10.1. The molecule has 0 saturated heterocycles. The van der Waals surface area contributed by atoms with Gasteiger partial charge in [-0.3, -0.25) is 0 Å². The Morgan fingerprint density at radius 3 is 2.89 bits per heavy atom. The first-order chi connectivity index (χ1) is 9.27. The van der Waals surface area contributed by atoms with Crippen molar-refractivity contribution < 1.29 is 13.9 Å². The molecule has 2 N–H and O–H groups in total. The van der Waals surface area contributed by atoms with Gasteiger partial charge in [0.1, 0.15) is 5.82 Å². The largest absolute Gasteiger partial charge is 0.385 e. The molecule has 1 aromatic carbocycles. The summed E-state index contributed by atoms with van der Waals surface area (Å²) in [5.41, 5.74) is 6.62. The number of thiophene rings is 1. The fraction of sp³-hybridized carbons (Fsp3) is 0.429. The molecule has 0 fully saturated rings. The lowest BCUT2D eigenvalue weighted by molar-refractivity contribution is 0.0932. The quantitative estimate of drug-likeness (QED) is 0.794. The van der Waals surface area contributed by atoms with Crippen molar-refractivity contribution in [2.75, 3.05) is 20.3 Å². The SMILES string of the molecule is COCCCOCc1c(CN)sc2cccc(F)c12. The van der Waals surface area contributed by atoms with Crippen LogP contribution in [0.2, 0.25) is 0 Å². The lowest BCUT2D eigenvalue weighted by Crippen LogP contribution is -2.03. The summed E-state index contributed by atoms with van der Waals surface area (Å²) in [6, 6.07) is 5.11. The van der Waals surface area contributed by atoms with Gasteiger partial charge in [0.15, 0.2) is 0 Å². The average molecular weight is 283 g/mol. The Bertz CT molecular complexity index is 541. The van der Waals surface area contributed by atoms with Crippen LogP contribution in [0.25, 0.3) is 10.1 Å². The fourth-order valence-electron chi connectivity index (χ4n) is 2.01. The van der Waals surface area contributed by atoms with E-state index in [2.05, 4.69) is 0 Å². The van der Waals surface area contributed by atoms with Crippen LogP contribution in [0.15, 0.2) is 18.2 Å². The predicted molar refractivity (Wildman–Crippen MR) is 75.8 cm³/mol. The first-order valence-corrected chi connectivity index (χ1v) is 7.05. The molecule has 2 rings (SSSR count). The fourth-order valence-corrected chi connectivity index (χ4v) is 3.12. The van der Waals surface area contributed by atoms with Crippen LogP contribution in [0.5, 0.6) is 0 Å². The third kappa shape index (κ3) is 3.30. The monoisotopic (exact) mass is 283 g/mol. The summed E-state index contributed by atoms with van der Waals surface area (Å²) < 4.78 is 25.4. The number of nitrogens with two attached hydrogens (primary N) is 1. The van der Waals surface area contributed by atoms with E-state index in [1.807, 2.05) is 6.07 Å². The highest BCUT2D eigenvalue weighted by Crippen LogP contribution is 2.33. The minimum absolute atomic E-state index is 0.205. The standard InChI is InChI=1S/C14H18FNO2S/c1-17-6-3-7-18-9-10-13(8-16)19-12-5-2-4-11(15)14(10)12/h2,4-5H,3,6-9,16H2,1H3. The van der Waals surface area contributed by atoms with Gasteiger partial charge in [0.25, 0.3) is 0 Å². The number of hydrogen-bond acceptors (Lipinski definition) is 4. The van der Waals surface area contributed by atoms with Crippen LogP contribution in [-0.4, -0.2) is 20.3 Å². The summed E-state index contributed by atoms with van der Waals surface area (Å²) in [6.07, 6.45) is 0.832. The van der Waals surface area contributed by atoms with Crippen molar-refractivity contribution in [1.82, 2.24) is 0 Å². The van der Waals surface area contributed by atoms with Crippen LogP contribution in [0.1, 0.15) is 16.9 Å². The van der Waals surface area contributed by atoms with Gasteiger partial charge in [0.05, 0.1) is 6.61 Å². The van der Waals surface area contributed by atoms with Crippen LogP contribution in [-0.2, 0) is 22.6 Å². The Kier molecular flexibility index (Phi) is 5.27. The van der Waals surface area contributed by atoms with Crippen molar-refractivity contribution in [2.24, 2.45) is 5.73 Å². The van der Waals surface area contributed by atoms with E-state index in [0.717, 1.165) is 21.6 Å². The number of methoxy groups -OCH3 is 1. The Balaban J connectivity index is 2.15. The van der Waals surface area contributed by atoms with Gasteiger partial charge in [-0.15, -0.1) is 11.3 Å². The molecule has 1 aromatic heterocycles. The van der Waals surface area contributed by atoms with E-state index in [0.29, 0.717) is 31.8 Å². The highest BCUT2D eigenvalue weighted by atomic mass is 32.1.